The Balaban J connectivity index is 1.40. The average Bonchev–Trinajstić information content (AvgIpc) is 2.81. The molecule has 1 aromatic heterocycles. The molecule has 160 valence electrons. The zero-order valence-electron chi connectivity index (χ0n) is 17.1. The van der Waals surface area contributed by atoms with Gasteiger partial charge >= 0.3 is 0 Å². The van der Waals surface area contributed by atoms with Gasteiger partial charge in [-0.25, -0.2) is 13.4 Å². The van der Waals surface area contributed by atoms with E-state index in [0.29, 0.717) is 24.3 Å². The molecule has 0 radical (unpaired) electrons. The third-order valence-electron chi connectivity index (χ3n) is 5.76. The fraction of sp³-hybridized carbons (Fsp3) is 0.455. The van der Waals surface area contributed by atoms with Crippen LogP contribution in [0.25, 0.3) is 0 Å². The molecular weight excluding hydrogens is 400 g/mol. The molecule has 0 bridgehead atoms. The predicted molar refractivity (Wildman–Crippen MR) is 117 cm³/mol. The molecule has 0 spiro atoms. The van der Waals surface area contributed by atoms with E-state index in [-0.39, 0.29) is 10.8 Å². The number of piperidine rings is 2. The van der Waals surface area contributed by atoms with Crippen LogP contribution in [0.4, 0.5) is 11.5 Å². The summed E-state index contributed by atoms with van der Waals surface area (Å²) in [5.41, 5.74) is 1.03. The highest BCUT2D eigenvalue weighted by molar-refractivity contribution is 7.89. The van der Waals surface area contributed by atoms with Crippen molar-refractivity contribution in [3.05, 3.63) is 48.2 Å². The van der Waals surface area contributed by atoms with E-state index in [1.807, 2.05) is 12.1 Å². The van der Waals surface area contributed by atoms with Crippen molar-refractivity contribution in [3.8, 4) is 0 Å². The lowest BCUT2D eigenvalue weighted by molar-refractivity contribution is 0.102. The van der Waals surface area contributed by atoms with Crippen molar-refractivity contribution in [3.63, 3.8) is 0 Å². The lowest BCUT2D eigenvalue weighted by atomic mass is 10.1. The van der Waals surface area contributed by atoms with Gasteiger partial charge in [0, 0.05) is 31.7 Å². The van der Waals surface area contributed by atoms with E-state index >= 15 is 0 Å². The Labute approximate surface area is 178 Å². The first-order valence-corrected chi connectivity index (χ1v) is 12.1. The van der Waals surface area contributed by atoms with Crippen molar-refractivity contribution < 1.29 is 13.2 Å². The summed E-state index contributed by atoms with van der Waals surface area (Å²) >= 11 is 0. The Bertz CT molecular complexity index is 962. The van der Waals surface area contributed by atoms with Crippen LogP contribution in [0.15, 0.2) is 47.5 Å². The van der Waals surface area contributed by atoms with Crippen molar-refractivity contribution in [2.75, 3.05) is 36.4 Å². The topological polar surface area (TPSA) is 82.6 Å². The first kappa shape index (κ1) is 20.8. The van der Waals surface area contributed by atoms with Crippen LogP contribution in [0.2, 0.25) is 0 Å². The molecule has 1 N–H and O–H groups in total. The highest BCUT2D eigenvalue weighted by Gasteiger charge is 2.26. The maximum atomic E-state index is 12.7. The third-order valence-corrected chi connectivity index (χ3v) is 7.67. The number of carbonyl (C=O) groups is 1. The highest BCUT2D eigenvalue weighted by Crippen LogP contribution is 2.22. The van der Waals surface area contributed by atoms with Gasteiger partial charge in [-0.05, 0) is 68.5 Å². The van der Waals surface area contributed by atoms with Gasteiger partial charge in [-0.1, -0.05) is 6.42 Å². The van der Waals surface area contributed by atoms with E-state index in [4.69, 9.17) is 0 Å². The van der Waals surface area contributed by atoms with Gasteiger partial charge in [0.15, 0.2) is 0 Å². The number of hydrogen-bond acceptors (Lipinski definition) is 5. The summed E-state index contributed by atoms with van der Waals surface area (Å²) < 4.78 is 27.0. The summed E-state index contributed by atoms with van der Waals surface area (Å²) in [5.74, 6) is 0.643. The summed E-state index contributed by atoms with van der Waals surface area (Å²) in [6.45, 7) is 3.16. The highest BCUT2D eigenvalue weighted by atomic mass is 32.2. The number of benzene rings is 1. The Morgan fingerprint density at radius 2 is 1.47 bits per heavy atom. The number of hydrogen-bond donors (Lipinski definition) is 1. The predicted octanol–water partition coefficient (Wildman–Crippen LogP) is 3.50. The maximum Gasteiger partial charge on any atom is 0.255 e. The van der Waals surface area contributed by atoms with E-state index in [1.54, 1.807) is 18.3 Å². The number of amides is 1. The van der Waals surface area contributed by atoms with Crippen molar-refractivity contribution in [1.29, 1.82) is 0 Å². The van der Waals surface area contributed by atoms with E-state index in [2.05, 4.69) is 15.2 Å². The van der Waals surface area contributed by atoms with Crippen LogP contribution in [0, 0.1) is 0 Å². The zero-order valence-corrected chi connectivity index (χ0v) is 17.9. The molecule has 2 saturated heterocycles. The molecule has 1 amide bonds. The molecular formula is C22H28N4O3S. The molecule has 30 heavy (non-hydrogen) atoms. The second-order valence-corrected chi connectivity index (χ2v) is 9.83. The Morgan fingerprint density at radius 3 is 2.07 bits per heavy atom. The Kier molecular flexibility index (Phi) is 6.34. The summed E-state index contributed by atoms with van der Waals surface area (Å²) in [7, 11) is -3.49. The number of rotatable bonds is 5. The minimum absolute atomic E-state index is 0.230. The Hall–Kier alpha value is -2.45. The van der Waals surface area contributed by atoms with Gasteiger partial charge in [0.1, 0.15) is 5.82 Å². The standard InChI is InChI=1S/C22H28N4O3S/c27-22(24-19-9-12-21(23-17-19)25-13-3-1-4-14-25)18-7-10-20(11-8-18)30(28,29)26-15-5-2-6-16-26/h7-12,17H,1-6,13-16H2,(H,24,27). The first-order valence-electron chi connectivity index (χ1n) is 10.7. The van der Waals surface area contributed by atoms with Crippen LogP contribution in [-0.4, -0.2) is 49.8 Å². The molecule has 2 aliphatic heterocycles. The minimum atomic E-state index is -3.49. The fourth-order valence-corrected chi connectivity index (χ4v) is 5.52. The number of nitrogens with zero attached hydrogens (tertiary/aromatic N) is 3. The molecule has 0 atom stereocenters. The molecule has 2 aliphatic rings. The number of nitrogens with one attached hydrogen (secondary N) is 1. The molecule has 2 aromatic rings. The van der Waals surface area contributed by atoms with Crippen molar-refractivity contribution in [1.82, 2.24) is 9.29 Å². The van der Waals surface area contributed by atoms with Gasteiger partial charge in [0.05, 0.1) is 16.8 Å². The van der Waals surface area contributed by atoms with Gasteiger partial charge in [-0.15, -0.1) is 0 Å². The molecule has 3 heterocycles. The largest absolute Gasteiger partial charge is 0.357 e. The summed E-state index contributed by atoms with van der Waals surface area (Å²) in [4.78, 5) is 19.5. The van der Waals surface area contributed by atoms with Crippen LogP contribution in [-0.2, 0) is 10.0 Å². The normalized spacial score (nSPS) is 18.2. The van der Waals surface area contributed by atoms with Crippen LogP contribution in [0.3, 0.4) is 0 Å². The lowest BCUT2D eigenvalue weighted by Crippen LogP contribution is -2.35. The van der Waals surface area contributed by atoms with Crippen LogP contribution in [0.5, 0.6) is 0 Å². The second-order valence-electron chi connectivity index (χ2n) is 7.90. The molecule has 0 unspecified atom stereocenters. The molecule has 7 nitrogen and oxygen atoms in total. The van der Waals surface area contributed by atoms with E-state index in [1.165, 1.54) is 35.7 Å². The van der Waals surface area contributed by atoms with Crippen LogP contribution >= 0.6 is 0 Å². The fourth-order valence-electron chi connectivity index (χ4n) is 4.01. The summed E-state index contributed by atoms with van der Waals surface area (Å²) in [5, 5.41) is 2.83. The third kappa shape index (κ3) is 4.65. The number of anilines is 2. The van der Waals surface area contributed by atoms with Crippen molar-refractivity contribution in [2.24, 2.45) is 0 Å². The number of carbonyl (C=O) groups excluding carboxylic acids is 1. The van der Waals surface area contributed by atoms with Gasteiger partial charge in [-0.2, -0.15) is 4.31 Å². The van der Waals surface area contributed by atoms with Gasteiger partial charge in [0.2, 0.25) is 10.0 Å². The van der Waals surface area contributed by atoms with Gasteiger partial charge in [0.25, 0.3) is 5.91 Å². The lowest BCUT2D eigenvalue weighted by Gasteiger charge is -2.27. The van der Waals surface area contributed by atoms with E-state index < -0.39 is 10.0 Å². The van der Waals surface area contributed by atoms with Crippen molar-refractivity contribution in [2.45, 2.75) is 43.4 Å². The maximum absolute atomic E-state index is 12.7. The van der Waals surface area contributed by atoms with E-state index in [9.17, 15) is 13.2 Å². The number of aromatic nitrogens is 1. The summed E-state index contributed by atoms with van der Waals surface area (Å²) in [6, 6.07) is 9.91. The minimum Gasteiger partial charge on any atom is -0.357 e. The van der Waals surface area contributed by atoms with Gasteiger partial charge < -0.3 is 10.2 Å². The van der Waals surface area contributed by atoms with Crippen LogP contribution in [0.1, 0.15) is 48.9 Å². The molecule has 1 aromatic carbocycles. The molecule has 2 fully saturated rings. The Morgan fingerprint density at radius 1 is 0.833 bits per heavy atom. The number of sulfonamides is 1. The second kappa shape index (κ2) is 9.14. The van der Waals surface area contributed by atoms with Crippen molar-refractivity contribution >= 4 is 27.4 Å². The SMILES string of the molecule is O=C(Nc1ccc(N2CCCCC2)nc1)c1ccc(S(=O)(=O)N2CCCCC2)cc1. The van der Waals surface area contributed by atoms with Crippen LogP contribution < -0.4 is 10.2 Å². The number of pyridine rings is 1. The average molecular weight is 429 g/mol. The molecule has 4 rings (SSSR count). The smallest absolute Gasteiger partial charge is 0.255 e. The quantitative estimate of drug-likeness (QED) is 0.788. The zero-order chi connectivity index (χ0) is 21.0. The summed E-state index contributed by atoms with van der Waals surface area (Å²) in [6.07, 6.45) is 8.15. The van der Waals surface area contributed by atoms with E-state index in [0.717, 1.165) is 38.2 Å². The molecule has 0 aliphatic carbocycles. The molecule has 8 heteroatoms. The molecule has 0 saturated carbocycles. The monoisotopic (exact) mass is 428 g/mol. The van der Waals surface area contributed by atoms with Gasteiger partial charge in [-0.3, -0.25) is 4.79 Å². The first-order chi connectivity index (χ1) is 14.5.